The molecule has 2 aromatic carbocycles. The number of phenolic OH excluding ortho intramolecular Hbond substituents is 1. The molecule has 1 amide bonds. The van der Waals surface area contributed by atoms with Crippen molar-refractivity contribution in [2.75, 3.05) is 32.0 Å². The lowest BCUT2D eigenvalue weighted by molar-refractivity contribution is -0.105. The van der Waals surface area contributed by atoms with Gasteiger partial charge in [-0.25, -0.2) is 9.38 Å². The number of rotatable bonds is 6. The lowest BCUT2D eigenvalue weighted by Gasteiger charge is -2.40. The van der Waals surface area contributed by atoms with E-state index in [1.165, 1.54) is 18.2 Å². The van der Waals surface area contributed by atoms with E-state index in [1.807, 2.05) is 12.3 Å². The van der Waals surface area contributed by atoms with Gasteiger partial charge in [0.15, 0.2) is 0 Å². The molecule has 0 bridgehead atoms. The lowest BCUT2D eigenvalue weighted by Crippen LogP contribution is -2.53. The highest BCUT2D eigenvalue weighted by Gasteiger charge is 2.30. The number of halogens is 2. The van der Waals surface area contributed by atoms with Crippen LogP contribution in [0.3, 0.4) is 0 Å². The molecular weight excluding hydrogens is 493 g/mol. The van der Waals surface area contributed by atoms with Crippen LogP contribution in [0.4, 0.5) is 15.8 Å². The number of amides is 1. The number of pyridine rings is 1. The van der Waals surface area contributed by atoms with Gasteiger partial charge >= 0.3 is 0 Å². The Morgan fingerprint density at radius 2 is 2.08 bits per heavy atom. The molecular formula is C28H29ClFN5O2. The van der Waals surface area contributed by atoms with Gasteiger partial charge in [-0.05, 0) is 68.6 Å². The maximum atomic E-state index is 14.7. The maximum Gasteiger partial charge on any atom is 0.211 e. The van der Waals surface area contributed by atoms with Crippen molar-refractivity contribution in [1.29, 1.82) is 0 Å². The zero-order valence-electron chi connectivity index (χ0n) is 20.8. The van der Waals surface area contributed by atoms with E-state index < -0.39 is 5.82 Å². The van der Waals surface area contributed by atoms with Crippen LogP contribution in [0.25, 0.3) is 11.1 Å². The van der Waals surface area contributed by atoms with Crippen LogP contribution in [0.2, 0.25) is 5.02 Å². The molecule has 1 unspecified atom stereocenters. The molecule has 1 saturated carbocycles. The summed E-state index contributed by atoms with van der Waals surface area (Å²) in [5.41, 5.74) is 3.23. The summed E-state index contributed by atoms with van der Waals surface area (Å²) in [5.74, 6) is 0.267. The third kappa shape index (κ3) is 5.17. The average molecular weight is 522 g/mol. The van der Waals surface area contributed by atoms with Crippen LogP contribution in [0, 0.1) is 5.82 Å². The fourth-order valence-corrected chi connectivity index (χ4v) is 5.23. The smallest absolute Gasteiger partial charge is 0.211 e. The number of likely N-dealkylation sites (N-methyl/N-ethyl adjacent to an activating group) is 1. The molecule has 2 N–H and O–H groups in total. The SMILES string of the molecule is CC1CN(C)CCN1C(=Nc1ccncc1C1CC1)c1cc(Cl)c(-c2c(O)cccc2F)cc1NC=O. The van der Waals surface area contributed by atoms with Crippen LogP contribution in [0.1, 0.15) is 36.8 Å². The Morgan fingerprint density at radius 1 is 1.27 bits per heavy atom. The van der Waals surface area contributed by atoms with Gasteiger partial charge in [-0.1, -0.05) is 17.7 Å². The average Bonchev–Trinajstić information content (AvgIpc) is 3.70. The second kappa shape index (κ2) is 10.5. The summed E-state index contributed by atoms with van der Waals surface area (Å²) in [4.78, 5) is 25.6. The summed E-state index contributed by atoms with van der Waals surface area (Å²) in [7, 11) is 2.09. The van der Waals surface area contributed by atoms with Crippen molar-refractivity contribution in [3.8, 4) is 16.9 Å². The van der Waals surface area contributed by atoms with Gasteiger partial charge in [0.2, 0.25) is 6.41 Å². The van der Waals surface area contributed by atoms with Gasteiger partial charge in [0.25, 0.3) is 0 Å². The molecule has 7 nitrogen and oxygen atoms in total. The monoisotopic (exact) mass is 521 g/mol. The van der Waals surface area contributed by atoms with E-state index in [9.17, 15) is 14.3 Å². The molecule has 3 aromatic rings. The number of anilines is 1. The van der Waals surface area contributed by atoms with Crippen molar-refractivity contribution in [2.24, 2.45) is 4.99 Å². The number of benzene rings is 2. The minimum Gasteiger partial charge on any atom is -0.507 e. The Labute approximate surface area is 220 Å². The van der Waals surface area contributed by atoms with Crippen LogP contribution >= 0.6 is 11.6 Å². The van der Waals surface area contributed by atoms with E-state index >= 15 is 0 Å². The third-order valence-electron chi connectivity index (χ3n) is 7.00. The number of aliphatic imine (C=N–C) groups is 1. The van der Waals surface area contributed by atoms with Crippen molar-refractivity contribution >= 4 is 35.2 Å². The van der Waals surface area contributed by atoms with Crippen molar-refractivity contribution in [3.63, 3.8) is 0 Å². The number of carbonyl (C=O) groups is 1. The first-order chi connectivity index (χ1) is 17.9. The van der Waals surface area contributed by atoms with Crippen LogP contribution in [0.5, 0.6) is 5.75 Å². The highest BCUT2D eigenvalue weighted by atomic mass is 35.5. The number of amidine groups is 1. The van der Waals surface area contributed by atoms with Gasteiger partial charge in [0, 0.05) is 54.2 Å². The molecule has 1 saturated heterocycles. The van der Waals surface area contributed by atoms with Gasteiger partial charge in [-0.3, -0.25) is 9.78 Å². The second-order valence-corrected chi connectivity index (χ2v) is 10.1. The van der Waals surface area contributed by atoms with E-state index in [1.54, 1.807) is 18.3 Å². The molecule has 9 heteroatoms. The summed E-state index contributed by atoms with van der Waals surface area (Å²) >= 11 is 6.73. The number of aromatic nitrogens is 1. The highest BCUT2D eigenvalue weighted by molar-refractivity contribution is 6.34. The number of piperazine rings is 1. The van der Waals surface area contributed by atoms with Crippen molar-refractivity contribution in [1.82, 2.24) is 14.8 Å². The Balaban J connectivity index is 1.70. The van der Waals surface area contributed by atoms with E-state index in [4.69, 9.17) is 16.6 Å². The van der Waals surface area contributed by atoms with Crippen LogP contribution in [-0.4, -0.2) is 64.9 Å². The number of hydrogen-bond donors (Lipinski definition) is 2. The van der Waals surface area contributed by atoms with Gasteiger partial charge in [-0.15, -0.1) is 0 Å². The molecule has 37 heavy (non-hydrogen) atoms. The zero-order valence-corrected chi connectivity index (χ0v) is 21.5. The summed E-state index contributed by atoms with van der Waals surface area (Å²) < 4.78 is 14.7. The number of phenols is 1. The molecule has 2 fully saturated rings. The van der Waals surface area contributed by atoms with Crippen LogP contribution < -0.4 is 5.32 Å². The standard InChI is InChI=1S/C28H29ClFN5O2/c1-17-15-34(2)10-11-35(17)28(33-24-8-9-31-14-21(24)18-6-7-18)20-12-22(29)19(13-25(20)32-16-36)27-23(30)4-3-5-26(27)37/h3-5,8-9,12-14,16-18,37H,6-7,10-11,15H2,1-2H3,(H,32,36). The Hall–Kier alpha value is -3.49. The molecule has 0 spiro atoms. The van der Waals surface area contributed by atoms with E-state index in [2.05, 4.69) is 34.1 Å². The van der Waals surface area contributed by atoms with Crippen molar-refractivity contribution in [2.45, 2.75) is 31.7 Å². The van der Waals surface area contributed by atoms with Crippen molar-refractivity contribution < 1.29 is 14.3 Å². The van der Waals surface area contributed by atoms with Gasteiger partial charge < -0.3 is 20.2 Å². The molecule has 2 heterocycles. The number of nitrogens with zero attached hydrogens (tertiary/aromatic N) is 4. The first kappa shape index (κ1) is 25.2. The first-order valence-corrected chi connectivity index (χ1v) is 12.7. The van der Waals surface area contributed by atoms with Gasteiger partial charge in [0.1, 0.15) is 17.4 Å². The Morgan fingerprint density at radius 3 is 2.78 bits per heavy atom. The van der Waals surface area contributed by atoms with E-state index in [0.29, 0.717) is 29.4 Å². The van der Waals surface area contributed by atoms with Gasteiger partial charge in [0.05, 0.1) is 16.9 Å². The molecule has 1 aromatic heterocycles. The van der Waals surface area contributed by atoms with E-state index in [-0.39, 0.29) is 27.9 Å². The zero-order chi connectivity index (χ0) is 26.1. The predicted octanol–water partition coefficient (Wildman–Crippen LogP) is 5.41. The molecule has 1 aliphatic heterocycles. The number of carbonyl (C=O) groups excluding carboxylic acids is 1. The Kier molecular flexibility index (Phi) is 7.13. The van der Waals surface area contributed by atoms with Crippen LogP contribution in [0.15, 0.2) is 53.8 Å². The molecule has 2 aliphatic rings. The molecule has 192 valence electrons. The Bertz CT molecular complexity index is 1340. The first-order valence-electron chi connectivity index (χ1n) is 12.4. The minimum absolute atomic E-state index is 0.0235. The summed E-state index contributed by atoms with van der Waals surface area (Å²) in [6.07, 6.45) is 6.41. The third-order valence-corrected chi connectivity index (χ3v) is 7.31. The molecule has 0 radical (unpaired) electrons. The lowest BCUT2D eigenvalue weighted by atomic mass is 9.99. The molecule has 1 aliphatic carbocycles. The second-order valence-electron chi connectivity index (χ2n) is 9.72. The fourth-order valence-electron chi connectivity index (χ4n) is 4.97. The van der Waals surface area contributed by atoms with Crippen molar-refractivity contribution in [3.05, 3.63) is 70.8 Å². The highest BCUT2D eigenvalue weighted by Crippen LogP contribution is 2.44. The number of aromatic hydroxyl groups is 1. The fraction of sp³-hybridized carbons (Fsp3) is 0.321. The quantitative estimate of drug-likeness (QED) is 0.258. The summed E-state index contributed by atoms with van der Waals surface area (Å²) in [5, 5.41) is 13.4. The maximum absolute atomic E-state index is 14.7. The number of nitrogens with one attached hydrogen (secondary N) is 1. The van der Waals surface area contributed by atoms with Crippen LogP contribution in [-0.2, 0) is 4.79 Å². The largest absolute Gasteiger partial charge is 0.507 e. The summed E-state index contributed by atoms with van der Waals surface area (Å²) in [6, 6.07) is 9.42. The topological polar surface area (TPSA) is 81.1 Å². The molecule has 1 atom stereocenters. The minimum atomic E-state index is -0.612. The van der Waals surface area contributed by atoms with Gasteiger partial charge in [-0.2, -0.15) is 0 Å². The number of hydrogen-bond acceptors (Lipinski definition) is 5. The normalized spacial score (nSPS) is 18.6. The molecule has 5 rings (SSSR count). The summed E-state index contributed by atoms with van der Waals surface area (Å²) in [6.45, 7) is 4.56. The predicted molar refractivity (Wildman–Crippen MR) is 144 cm³/mol. The van der Waals surface area contributed by atoms with E-state index in [0.717, 1.165) is 43.7 Å².